The predicted octanol–water partition coefficient (Wildman–Crippen LogP) is 1.22. The van der Waals surface area contributed by atoms with E-state index in [0.29, 0.717) is 5.56 Å². The van der Waals surface area contributed by atoms with Gasteiger partial charge in [0.15, 0.2) is 0 Å². The SMILES string of the molecule is N#Cc1ccc(S(=O)(=O)F)cc1. The first kappa shape index (κ1) is 8.68. The molecule has 1 aromatic carbocycles. The van der Waals surface area contributed by atoms with Crippen LogP contribution in [-0.4, -0.2) is 8.42 Å². The van der Waals surface area contributed by atoms with Gasteiger partial charge in [0.2, 0.25) is 0 Å². The van der Waals surface area contributed by atoms with Crippen LogP contribution in [0.5, 0.6) is 0 Å². The van der Waals surface area contributed by atoms with Gasteiger partial charge in [0.25, 0.3) is 0 Å². The number of rotatable bonds is 1. The molecule has 0 N–H and O–H groups in total. The van der Waals surface area contributed by atoms with E-state index in [0.717, 1.165) is 12.1 Å². The van der Waals surface area contributed by atoms with Crippen LogP contribution in [-0.2, 0) is 10.2 Å². The lowest BCUT2D eigenvalue weighted by molar-refractivity contribution is 0.552. The second kappa shape index (κ2) is 2.91. The molecule has 62 valence electrons. The number of benzene rings is 1. The van der Waals surface area contributed by atoms with Crippen molar-refractivity contribution in [1.82, 2.24) is 0 Å². The summed E-state index contributed by atoms with van der Waals surface area (Å²) in [4.78, 5) is -0.429. The Hall–Kier alpha value is -1.41. The van der Waals surface area contributed by atoms with Crippen molar-refractivity contribution in [3.8, 4) is 6.07 Å². The maximum absolute atomic E-state index is 12.2. The van der Waals surface area contributed by atoms with Crippen molar-refractivity contribution in [3.05, 3.63) is 29.8 Å². The zero-order chi connectivity index (χ0) is 9.19. The lowest BCUT2D eigenvalue weighted by Crippen LogP contribution is -1.90. The lowest BCUT2D eigenvalue weighted by Gasteiger charge is -1.92. The molecule has 0 amide bonds. The lowest BCUT2D eigenvalue weighted by atomic mass is 10.2. The zero-order valence-electron chi connectivity index (χ0n) is 5.86. The maximum atomic E-state index is 12.2. The molecule has 0 radical (unpaired) electrons. The minimum Gasteiger partial charge on any atom is -0.192 e. The molecule has 0 bridgehead atoms. The first-order valence-electron chi connectivity index (χ1n) is 2.99. The Morgan fingerprint density at radius 3 is 2.08 bits per heavy atom. The fraction of sp³-hybridized carbons (Fsp3) is 0. The van der Waals surface area contributed by atoms with Crippen LogP contribution in [0.1, 0.15) is 5.56 Å². The van der Waals surface area contributed by atoms with E-state index in [1.165, 1.54) is 12.1 Å². The summed E-state index contributed by atoms with van der Waals surface area (Å²) in [5, 5.41) is 8.34. The highest BCUT2D eigenvalue weighted by Crippen LogP contribution is 2.12. The molecular formula is C7H4FNO2S. The molecular weight excluding hydrogens is 181 g/mol. The third kappa shape index (κ3) is 1.80. The Bertz CT molecular complexity index is 416. The van der Waals surface area contributed by atoms with Gasteiger partial charge in [-0.1, -0.05) is 0 Å². The van der Waals surface area contributed by atoms with E-state index in [-0.39, 0.29) is 0 Å². The molecule has 0 spiro atoms. The molecule has 0 saturated carbocycles. The molecule has 0 heterocycles. The van der Waals surface area contributed by atoms with Gasteiger partial charge in [-0.2, -0.15) is 13.7 Å². The van der Waals surface area contributed by atoms with E-state index >= 15 is 0 Å². The molecule has 0 fully saturated rings. The minimum absolute atomic E-state index is 0.294. The van der Waals surface area contributed by atoms with Gasteiger partial charge in [0.1, 0.15) is 0 Å². The molecule has 5 heteroatoms. The monoisotopic (exact) mass is 185 g/mol. The number of nitrogens with zero attached hydrogens (tertiary/aromatic N) is 1. The van der Waals surface area contributed by atoms with Gasteiger partial charge in [0.05, 0.1) is 16.5 Å². The average Bonchev–Trinajstić information content (AvgIpc) is 2.03. The summed E-state index contributed by atoms with van der Waals surface area (Å²) in [5.41, 5.74) is 0.294. The summed E-state index contributed by atoms with van der Waals surface area (Å²) in [6.45, 7) is 0. The van der Waals surface area contributed by atoms with Crippen LogP contribution in [0.3, 0.4) is 0 Å². The summed E-state index contributed by atoms with van der Waals surface area (Å²) in [6.07, 6.45) is 0. The molecule has 0 atom stereocenters. The van der Waals surface area contributed by atoms with Crippen molar-refractivity contribution < 1.29 is 12.3 Å². The van der Waals surface area contributed by atoms with Gasteiger partial charge in [-0.05, 0) is 24.3 Å². The van der Waals surface area contributed by atoms with Crippen LogP contribution in [0.15, 0.2) is 29.2 Å². The van der Waals surface area contributed by atoms with Crippen LogP contribution >= 0.6 is 0 Å². The van der Waals surface area contributed by atoms with Crippen molar-refractivity contribution in [2.24, 2.45) is 0 Å². The number of hydrogen-bond donors (Lipinski definition) is 0. The van der Waals surface area contributed by atoms with Crippen molar-refractivity contribution in [2.45, 2.75) is 4.90 Å². The number of nitriles is 1. The standard InChI is InChI=1S/C7H4FNO2S/c8-12(10,11)7-3-1-6(5-9)2-4-7/h1-4H. The smallest absolute Gasteiger partial charge is 0.192 e. The summed E-state index contributed by atoms with van der Waals surface area (Å²) in [5.74, 6) is 0. The largest absolute Gasteiger partial charge is 0.332 e. The van der Waals surface area contributed by atoms with Gasteiger partial charge in [0, 0.05) is 0 Å². The molecule has 0 aliphatic heterocycles. The highest BCUT2D eigenvalue weighted by molar-refractivity contribution is 7.86. The van der Waals surface area contributed by atoms with Gasteiger partial charge in [-0.3, -0.25) is 0 Å². The van der Waals surface area contributed by atoms with E-state index in [9.17, 15) is 12.3 Å². The zero-order valence-corrected chi connectivity index (χ0v) is 6.68. The van der Waals surface area contributed by atoms with Crippen molar-refractivity contribution in [3.63, 3.8) is 0 Å². The number of halogens is 1. The van der Waals surface area contributed by atoms with E-state index in [4.69, 9.17) is 5.26 Å². The molecule has 0 aliphatic carbocycles. The van der Waals surface area contributed by atoms with Crippen molar-refractivity contribution in [2.75, 3.05) is 0 Å². The predicted molar refractivity (Wildman–Crippen MR) is 39.5 cm³/mol. The molecule has 1 rings (SSSR count). The summed E-state index contributed by atoms with van der Waals surface area (Å²) >= 11 is 0. The third-order valence-electron chi connectivity index (χ3n) is 1.26. The molecule has 0 aliphatic rings. The van der Waals surface area contributed by atoms with Crippen LogP contribution in [0, 0.1) is 11.3 Å². The Morgan fingerprint density at radius 1 is 1.25 bits per heavy atom. The molecule has 0 unspecified atom stereocenters. The first-order valence-corrected chi connectivity index (χ1v) is 4.37. The van der Waals surface area contributed by atoms with Crippen LogP contribution in [0.4, 0.5) is 3.89 Å². The van der Waals surface area contributed by atoms with Crippen LogP contribution < -0.4 is 0 Å². The second-order valence-electron chi connectivity index (χ2n) is 2.07. The van der Waals surface area contributed by atoms with Gasteiger partial charge < -0.3 is 0 Å². The molecule has 0 saturated heterocycles. The molecule has 1 aromatic rings. The fourth-order valence-corrected chi connectivity index (χ4v) is 1.15. The summed E-state index contributed by atoms with van der Waals surface area (Å²) in [7, 11) is -4.64. The minimum atomic E-state index is -4.64. The summed E-state index contributed by atoms with van der Waals surface area (Å²) < 4.78 is 32.8. The average molecular weight is 185 g/mol. The van der Waals surface area contributed by atoms with E-state index < -0.39 is 15.1 Å². The Balaban J connectivity index is 3.20. The topological polar surface area (TPSA) is 57.9 Å². The van der Waals surface area contributed by atoms with Crippen molar-refractivity contribution >= 4 is 10.2 Å². The highest BCUT2D eigenvalue weighted by atomic mass is 32.3. The van der Waals surface area contributed by atoms with Gasteiger partial charge in [-0.15, -0.1) is 3.89 Å². The molecule has 0 aromatic heterocycles. The van der Waals surface area contributed by atoms with Crippen LogP contribution in [0.25, 0.3) is 0 Å². The second-order valence-corrected chi connectivity index (χ2v) is 3.42. The molecule has 12 heavy (non-hydrogen) atoms. The van der Waals surface area contributed by atoms with Gasteiger partial charge >= 0.3 is 10.2 Å². The summed E-state index contributed by atoms with van der Waals surface area (Å²) in [6, 6.07) is 6.37. The first-order chi connectivity index (χ1) is 5.54. The van der Waals surface area contributed by atoms with E-state index in [2.05, 4.69) is 0 Å². The Morgan fingerprint density at radius 2 is 1.75 bits per heavy atom. The van der Waals surface area contributed by atoms with Crippen molar-refractivity contribution in [1.29, 1.82) is 5.26 Å². The Kier molecular flexibility index (Phi) is 2.11. The van der Waals surface area contributed by atoms with E-state index in [1.54, 1.807) is 6.07 Å². The number of hydrogen-bond acceptors (Lipinski definition) is 3. The van der Waals surface area contributed by atoms with Gasteiger partial charge in [-0.25, -0.2) is 0 Å². The quantitative estimate of drug-likeness (QED) is 0.618. The van der Waals surface area contributed by atoms with Crippen LogP contribution in [0.2, 0.25) is 0 Å². The molecule has 3 nitrogen and oxygen atoms in total. The van der Waals surface area contributed by atoms with E-state index in [1.807, 2.05) is 0 Å². The fourth-order valence-electron chi connectivity index (χ4n) is 0.692. The Labute approximate surface area is 69.3 Å². The third-order valence-corrected chi connectivity index (χ3v) is 2.10. The maximum Gasteiger partial charge on any atom is 0.332 e. The highest BCUT2D eigenvalue weighted by Gasteiger charge is 2.10. The normalized spacial score (nSPS) is 10.7.